The number of benzene rings is 1. The number of hydrogen-bond donors (Lipinski definition) is 1. The molecule has 0 saturated heterocycles. The van der Waals surface area contributed by atoms with E-state index in [1.807, 2.05) is 6.92 Å². The summed E-state index contributed by atoms with van der Waals surface area (Å²) in [5, 5.41) is 10.1. The van der Waals surface area contributed by atoms with Gasteiger partial charge in [-0.3, -0.25) is 0 Å². The average Bonchev–Trinajstić information content (AvgIpc) is 2.28. The third-order valence-corrected chi connectivity index (χ3v) is 2.99. The van der Waals surface area contributed by atoms with Crippen LogP contribution >= 0.6 is 23.2 Å². The summed E-state index contributed by atoms with van der Waals surface area (Å²) >= 11 is 12.1. The molecule has 0 atom stereocenters. The van der Waals surface area contributed by atoms with Crippen molar-refractivity contribution in [2.24, 2.45) is 0 Å². The van der Waals surface area contributed by atoms with Crippen LogP contribution in [0.3, 0.4) is 0 Å². The molecular weight excluding hydrogens is 259 g/mol. The highest BCUT2D eigenvalue weighted by molar-refractivity contribution is 6.34. The van der Waals surface area contributed by atoms with E-state index >= 15 is 0 Å². The van der Waals surface area contributed by atoms with Crippen molar-refractivity contribution in [1.82, 2.24) is 9.97 Å². The largest absolute Gasteiger partial charge is 0.508 e. The molecule has 2 rings (SSSR count). The van der Waals surface area contributed by atoms with Gasteiger partial charge in [0.25, 0.3) is 0 Å². The molecule has 0 aliphatic carbocycles. The summed E-state index contributed by atoms with van der Waals surface area (Å²) in [5.41, 5.74) is 1.41. The first-order valence-corrected chi connectivity index (χ1v) is 5.88. The summed E-state index contributed by atoms with van der Waals surface area (Å²) in [6.45, 7) is 1.93. The molecule has 0 amide bonds. The topological polar surface area (TPSA) is 46.0 Å². The first-order chi connectivity index (χ1) is 8.11. The first kappa shape index (κ1) is 12.1. The van der Waals surface area contributed by atoms with Gasteiger partial charge in [0, 0.05) is 11.1 Å². The van der Waals surface area contributed by atoms with Gasteiger partial charge in [-0.2, -0.15) is 0 Å². The van der Waals surface area contributed by atoms with E-state index in [1.165, 1.54) is 0 Å². The van der Waals surface area contributed by atoms with Crippen LogP contribution in [-0.2, 0) is 6.42 Å². The Morgan fingerprint density at radius 2 is 1.82 bits per heavy atom. The van der Waals surface area contributed by atoms with Gasteiger partial charge >= 0.3 is 0 Å². The standard InChI is InChI=1S/C12H10Cl2N2O/c1-2-9-10(13)15-12(16-11(9)14)7-4-3-5-8(17)6-7/h3-6,17H,2H2,1H3. The van der Waals surface area contributed by atoms with E-state index in [4.69, 9.17) is 23.2 Å². The van der Waals surface area contributed by atoms with Gasteiger partial charge in [-0.25, -0.2) is 9.97 Å². The fourth-order valence-electron chi connectivity index (χ4n) is 1.50. The van der Waals surface area contributed by atoms with Crippen molar-refractivity contribution in [2.75, 3.05) is 0 Å². The lowest BCUT2D eigenvalue weighted by Crippen LogP contribution is -1.96. The molecule has 1 aromatic carbocycles. The van der Waals surface area contributed by atoms with E-state index in [1.54, 1.807) is 24.3 Å². The normalized spacial score (nSPS) is 10.5. The molecule has 2 aromatic rings. The Morgan fingerprint density at radius 1 is 1.18 bits per heavy atom. The number of rotatable bonds is 2. The summed E-state index contributed by atoms with van der Waals surface area (Å²) in [5.74, 6) is 0.561. The molecule has 1 aromatic heterocycles. The van der Waals surface area contributed by atoms with Gasteiger partial charge in [-0.05, 0) is 18.6 Å². The van der Waals surface area contributed by atoms with Crippen LogP contribution in [0.4, 0.5) is 0 Å². The van der Waals surface area contributed by atoms with E-state index in [9.17, 15) is 5.11 Å². The number of hydrogen-bond acceptors (Lipinski definition) is 3. The van der Waals surface area contributed by atoms with Gasteiger partial charge in [0.1, 0.15) is 16.1 Å². The molecule has 0 aliphatic rings. The van der Waals surface area contributed by atoms with Crippen molar-refractivity contribution in [3.8, 4) is 17.1 Å². The highest BCUT2D eigenvalue weighted by atomic mass is 35.5. The lowest BCUT2D eigenvalue weighted by atomic mass is 10.2. The highest BCUT2D eigenvalue weighted by Gasteiger charge is 2.11. The number of halogens is 2. The third kappa shape index (κ3) is 2.51. The fourth-order valence-corrected chi connectivity index (χ4v) is 2.15. The smallest absolute Gasteiger partial charge is 0.162 e. The molecule has 5 heteroatoms. The van der Waals surface area contributed by atoms with E-state index in [0.29, 0.717) is 28.1 Å². The van der Waals surface area contributed by atoms with Crippen molar-refractivity contribution in [2.45, 2.75) is 13.3 Å². The average molecular weight is 269 g/mol. The predicted octanol–water partition coefficient (Wildman–Crippen LogP) is 3.72. The van der Waals surface area contributed by atoms with Crippen LogP contribution in [-0.4, -0.2) is 15.1 Å². The van der Waals surface area contributed by atoms with E-state index in [0.717, 1.165) is 5.56 Å². The molecule has 0 aliphatic heterocycles. The second-order valence-corrected chi connectivity index (χ2v) is 4.23. The first-order valence-electron chi connectivity index (χ1n) is 5.13. The Balaban J connectivity index is 2.54. The lowest BCUT2D eigenvalue weighted by Gasteiger charge is -2.06. The van der Waals surface area contributed by atoms with Crippen LogP contribution in [0.1, 0.15) is 12.5 Å². The minimum Gasteiger partial charge on any atom is -0.508 e. The van der Waals surface area contributed by atoms with Gasteiger partial charge in [-0.1, -0.05) is 42.3 Å². The molecule has 17 heavy (non-hydrogen) atoms. The Kier molecular flexibility index (Phi) is 3.50. The highest BCUT2D eigenvalue weighted by Crippen LogP contribution is 2.27. The van der Waals surface area contributed by atoms with Gasteiger partial charge in [-0.15, -0.1) is 0 Å². The molecule has 0 unspecified atom stereocenters. The minimum absolute atomic E-state index is 0.151. The van der Waals surface area contributed by atoms with Crippen LogP contribution in [0.25, 0.3) is 11.4 Å². The van der Waals surface area contributed by atoms with Gasteiger partial charge < -0.3 is 5.11 Å². The fraction of sp³-hybridized carbons (Fsp3) is 0.167. The Hall–Kier alpha value is -1.32. The van der Waals surface area contributed by atoms with Gasteiger partial charge in [0.05, 0.1) is 0 Å². The van der Waals surface area contributed by atoms with Crippen molar-refractivity contribution in [1.29, 1.82) is 0 Å². The zero-order chi connectivity index (χ0) is 12.4. The predicted molar refractivity (Wildman–Crippen MR) is 68.5 cm³/mol. The molecule has 1 heterocycles. The van der Waals surface area contributed by atoms with Crippen molar-refractivity contribution < 1.29 is 5.11 Å². The maximum Gasteiger partial charge on any atom is 0.162 e. The van der Waals surface area contributed by atoms with Crippen molar-refractivity contribution in [3.05, 3.63) is 40.1 Å². The maximum absolute atomic E-state index is 9.39. The van der Waals surface area contributed by atoms with Crippen molar-refractivity contribution >= 4 is 23.2 Å². The second-order valence-electron chi connectivity index (χ2n) is 3.51. The molecule has 0 bridgehead atoms. The van der Waals surface area contributed by atoms with Gasteiger partial charge in [0.15, 0.2) is 5.82 Å². The van der Waals surface area contributed by atoms with Crippen molar-refractivity contribution in [3.63, 3.8) is 0 Å². The molecule has 0 saturated carbocycles. The van der Waals surface area contributed by atoms with Gasteiger partial charge in [0.2, 0.25) is 0 Å². The zero-order valence-corrected chi connectivity index (χ0v) is 10.6. The summed E-state index contributed by atoms with van der Waals surface area (Å²) in [6.07, 6.45) is 0.679. The number of nitrogens with zero attached hydrogens (tertiary/aromatic N) is 2. The number of phenolic OH excluding ortho intramolecular Hbond substituents is 1. The maximum atomic E-state index is 9.39. The molecule has 3 nitrogen and oxygen atoms in total. The van der Waals surface area contributed by atoms with Crippen LogP contribution in [0.5, 0.6) is 5.75 Å². The van der Waals surface area contributed by atoms with Crippen LogP contribution in [0.2, 0.25) is 10.3 Å². The number of aromatic hydroxyl groups is 1. The summed E-state index contributed by atoms with van der Waals surface area (Å²) in [4.78, 5) is 8.35. The monoisotopic (exact) mass is 268 g/mol. The molecule has 0 spiro atoms. The summed E-state index contributed by atoms with van der Waals surface area (Å²) < 4.78 is 0. The van der Waals surface area contributed by atoms with E-state index in [-0.39, 0.29) is 5.75 Å². The third-order valence-electron chi connectivity index (χ3n) is 2.36. The number of phenols is 1. The van der Waals surface area contributed by atoms with Crippen LogP contribution in [0.15, 0.2) is 24.3 Å². The Morgan fingerprint density at radius 3 is 2.35 bits per heavy atom. The van der Waals surface area contributed by atoms with Crippen LogP contribution in [0, 0.1) is 0 Å². The SMILES string of the molecule is CCc1c(Cl)nc(-c2cccc(O)c2)nc1Cl. The molecule has 0 radical (unpaired) electrons. The molecule has 1 N–H and O–H groups in total. The van der Waals surface area contributed by atoms with Crippen LogP contribution < -0.4 is 0 Å². The Labute approximate surface area is 109 Å². The molecule has 88 valence electrons. The second kappa shape index (κ2) is 4.90. The Bertz CT molecular complexity index is 535. The molecular formula is C12H10Cl2N2O. The van der Waals surface area contributed by atoms with E-state index in [2.05, 4.69) is 9.97 Å². The summed E-state index contributed by atoms with van der Waals surface area (Å²) in [7, 11) is 0. The quantitative estimate of drug-likeness (QED) is 0.845. The zero-order valence-electron chi connectivity index (χ0n) is 9.11. The van der Waals surface area contributed by atoms with E-state index < -0.39 is 0 Å². The summed E-state index contributed by atoms with van der Waals surface area (Å²) in [6, 6.07) is 6.64. The lowest BCUT2D eigenvalue weighted by molar-refractivity contribution is 0.475. The minimum atomic E-state index is 0.151. The number of aromatic nitrogens is 2. The molecule has 0 fully saturated rings.